The number of nitrogens with zero attached hydrogens (tertiary/aromatic N) is 6. The van der Waals surface area contributed by atoms with Crippen molar-refractivity contribution in [2.75, 3.05) is 5.01 Å². The molecule has 3 heterocycles. The number of hydrazone groups is 1. The summed E-state index contributed by atoms with van der Waals surface area (Å²) in [7, 11) is 1.65. The van der Waals surface area contributed by atoms with E-state index in [1.54, 1.807) is 14.0 Å². The van der Waals surface area contributed by atoms with Crippen LogP contribution in [0.5, 0.6) is 0 Å². The summed E-state index contributed by atoms with van der Waals surface area (Å²) in [5.74, 6) is 0.579. The zero-order valence-electron chi connectivity index (χ0n) is 16.8. The Kier molecular flexibility index (Phi) is 4.21. The van der Waals surface area contributed by atoms with Gasteiger partial charge < -0.3 is 0 Å². The molecule has 0 aliphatic carbocycles. The highest BCUT2D eigenvalue weighted by Gasteiger charge is 2.30. The van der Waals surface area contributed by atoms with Crippen molar-refractivity contribution in [3.8, 4) is 0 Å². The van der Waals surface area contributed by atoms with Crippen LogP contribution in [-0.4, -0.2) is 24.4 Å². The molecule has 0 bridgehead atoms. The Morgan fingerprint density at radius 2 is 1.93 bits per heavy atom. The Balaban J connectivity index is 1.97. The van der Waals surface area contributed by atoms with Crippen LogP contribution in [0.15, 0.2) is 39.0 Å². The van der Waals surface area contributed by atoms with Crippen LogP contribution in [0.1, 0.15) is 37.9 Å². The van der Waals surface area contributed by atoms with Gasteiger partial charge in [0.15, 0.2) is 11.2 Å². The van der Waals surface area contributed by atoms with Gasteiger partial charge in [0.2, 0.25) is 5.95 Å². The van der Waals surface area contributed by atoms with Gasteiger partial charge >= 0.3 is 5.69 Å². The quantitative estimate of drug-likeness (QED) is 0.698. The zero-order chi connectivity index (χ0) is 20.2. The van der Waals surface area contributed by atoms with Gasteiger partial charge in [-0.3, -0.25) is 18.5 Å². The molecular formula is C20H24N6O2. The number of rotatable bonds is 3. The first-order valence-electron chi connectivity index (χ1n) is 9.43. The van der Waals surface area contributed by atoms with Crippen LogP contribution < -0.4 is 16.3 Å². The summed E-state index contributed by atoms with van der Waals surface area (Å²) in [5, 5.41) is 6.53. The number of aryl methyl sites for hydroxylation is 2. The van der Waals surface area contributed by atoms with E-state index in [0.717, 1.165) is 11.3 Å². The maximum atomic E-state index is 13.1. The fourth-order valence-corrected chi connectivity index (χ4v) is 3.75. The van der Waals surface area contributed by atoms with E-state index in [2.05, 4.69) is 24.0 Å². The number of aromatic nitrogens is 4. The summed E-state index contributed by atoms with van der Waals surface area (Å²) in [6.45, 7) is 8.63. The number of hydrogen-bond acceptors (Lipinski definition) is 5. The third-order valence-corrected chi connectivity index (χ3v) is 5.39. The largest absolute Gasteiger partial charge is 0.332 e. The molecule has 0 N–H and O–H groups in total. The van der Waals surface area contributed by atoms with Crippen LogP contribution in [0.25, 0.3) is 11.2 Å². The standard InChI is InChI=1S/C20H24N6O2/c1-6-24-18(27)16-17(23(5)20(24)28)21-19-25(22-13(3)14(4)26(16)19)11-15-9-7-8-12(2)10-15/h7-10,14H,6,11H2,1-5H3/t14-/m0/s1. The minimum atomic E-state index is -0.356. The number of fused-ring (bicyclic) bond motifs is 3. The molecule has 8 nitrogen and oxygen atoms in total. The molecule has 28 heavy (non-hydrogen) atoms. The Labute approximate surface area is 162 Å². The summed E-state index contributed by atoms with van der Waals surface area (Å²) in [4.78, 5) is 30.3. The Morgan fingerprint density at radius 1 is 1.18 bits per heavy atom. The first kappa shape index (κ1) is 18.2. The molecule has 2 aromatic heterocycles. The maximum absolute atomic E-state index is 13.1. The summed E-state index contributed by atoms with van der Waals surface area (Å²) < 4.78 is 4.59. The Bertz CT molecular complexity index is 1230. The van der Waals surface area contributed by atoms with Crippen molar-refractivity contribution >= 4 is 22.8 Å². The lowest BCUT2D eigenvalue weighted by atomic mass is 10.1. The van der Waals surface area contributed by atoms with E-state index < -0.39 is 0 Å². The molecule has 0 saturated heterocycles. The lowest BCUT2D eigenvalue weighted by Gasteiger charge is -2.29. The van der Waals surface area contributed by atoms with Crippen molar-refractivity contribution in [2.45, 2.75) is 46.8 Å². The van der Waals surface area contributed by atoms with E-state index in [9.17, 15) is 9.59 Å². The summed E-state index contributed by atoms with van der Waals surface area (Å²) >= 11 is 0. The maximum Gasteiger partial charge on any atom is 0.332 e. The van der Waals surface area contributed by atoms with E-state index in [0.29, 0.717) is 30.2 Å². The topological polar surface area (TPSA) is 77.4 Å². The minimum Gasteiger partial charge on any atom is -0.294 e. The molecule has 1 aliphatic rings. The van der Waals surface area contributed by atoms with E-state index in [4.69, 9.17) is 5.10 Å². The predicted molar refractivity (Wildman–Crippen MR) is 110 cm³/mol. The highest BCUT2D eigenvalue weighted by Crippen LogP contribution is 2.30. The molecular weight excluding hydrogens is 356 g/mol. The lowest BCUT2D eigenvalue weighted by molar-refractivity contribution is 0.618. The second-order valence-corrected chi connectivity index (χ2v) is 7.31. The van der Waals surface area contributed by atoms with Gasteiger partial charge in [-0.05, 0) is 33.3 Å². The third-order valence-electron chi connectivity index (χ3n) is 5.39. The fourth-order valence-electron chi connectivity index (χ4n) is 3.75. The first-order chi connectivity index (χ1) is 13.3. The van der Waals surface area contributed by atoms with Gasteiger partial charge in [0.1, 0.15) is 0 Å². The first-order valence-corrected chi connectivity index (χ1v) is 9.43. The number of hydrogen-bond donors (Lipinski definition) is 0. The normalized spacial score (nSPS) is 16.4. The van der Waals surface area contributed by atoms with Gasteiger partial charge in [-0.15, -0.1) is 0 Å². The molecule has 0 amide bonds. The Morgan fingerprint density at radius 3 is 2.61 bits per heavy atom. The molecule has 8 heteroatoms. The van der Waals surface area contributed by atoms with Crippen molar-refractivity contribution in [1.29, 1.82) is 0 Å². The van der Waals surface area contributed by atoms with Crippen LogP contribution in [0.2, 0.25) is 0 Å². The molecule has 1 atom stereocenters. The molecule has 0 radical (unpaired) electrons. The second-order valence-electron chi connectivity index (χ2n) is 7.31. The second kappa shape index (κ2) is 6.47. The van der Waals surface area contributed by atoms with Crippen LogP contribution in [-0.2, 0) is 20.1 Å². The molecule has 1 aromatic carbocycles. The van der Waals surface area contributed by atoms with Gasteiger partial charge in [0.25, 0.3) is 5.56 Å². The molecule has 4 rings (SSSR count). The smallest absolute Gasteiger partial charge is 0.294 e. The van der Waals surface area contributed by atoms with Gasteiger partial charge in [-0.1, -0.05) is 29.8 Å². The van der Waals surface area contributed by atoms with E-state index in [1.165, 1.54) is 14.7 Å². The molecule has 0 saturated carbocycles. The van der Waals surface area contributed by atoms with Gasteiger partial charge in [0, 0.05) is 13.6 Å². The number of imidazole rings is 1. The van der Waals surface area contributed by atoms with Gasteiger partial charge in [-0.25, -0.2) is 9.80 Å². The average Bonchev–Trinajstić information content (AvgIpc) is 3.06. The van der Waals surface area contributed by atoms with Crippen molar-refractivity contribution in [2.24, 2.45) is 12.1 Å². The minimum absolute atomic E-state index is 0.121. The van der Waals surface area contributed by atoms with Crippen LogP contribution >= 0.6 is 0 Å². The van der Waals surface area contributed by atoms with Crippen molar-refractivity contribution in [3.63, 3.8) is 0 Å². The molecule has 0 fully saturated rings. The van der Waals surface area contributed by atoms with E-state index in [-0.39, 0.29) is 17.3 Å². The van der Waals surface area contributed by atoms with Crippen LogP contribution in [0, 0.1) is 6.92 Å². The predicted octanol–water partition coefficient (Wildman–Crippen LogP) is 2.18. The summed E-state index contributed by atoms with van der Waals surface area (Å²) in [6.07, 6.45) is 0. The van der Waals surface area contributed by atoms with Crippen molar-refractivity contribution < 1.29 is 0 Å². The summed E-state index contributed by atoms with van der Waals surface area (Å²) in [6, 6.07) is 8.09. The van der Waals surface area contributed by atoms with Gasteiger partial charge in [0.05, 0.1) is 18.3 Å². The molecule has 1 aliphatic heterocycles. The monoisotopic (exact) mass is 380 g/mol. The van der Waals surface area contributed by atoms with Crippen LogP contribution in [0.4, 0.5) is 5.95 Å². The van der Waals surface area contributed by atoms with E-state index >= 15 is 0 Å². The van der Waals surface area contributed by atoms with Crippen molar-refractivity contribution in [1.82, 2.24) is 18.7 Å². The summed E-state index contributed by atoms with van der Waals surface area (Å²) in [5.41, 5.74) is 3.32. The van der Waals surface area contributed by atoms with E-state index in [1.807, 2.05) is 35.6 Å². The third kappa shape index (κ3) is 2.59. The SMILES string of the molecule is CCn1c(=O)c2c(nc3n2[C@@H](C)C(C)=NN3Cc2cccc(C)c2)n(C)c1=O. The number of benzene rings is 1. The van der Waals surface area contributed by atoms with Crippen molar-refractivity contribution in [3.05, 3.63) is 56.2 Å². The van der Waals surface area contributed by atoms with Gasteiger partial charge in [-0.2, -0.15) is 10.1 Å². The molecule has 0 spiro atoms. The Hall–Kier alpha value is -3.16. The molecule has 0 unspecified atom stereocenters. The molecule has 146 valence electrons. The highest BCUT2D eigenvalue weighted by molar-refractivity contribution is 5.91. The number of anilines is 1. The lowest BCUT2D eigenvalue weighted by Crippen LogP contribution is -2.40. The fraction of sp³-hybridized carbons (Fsp3) is 0.400. The van der Waals surface area contributed by atoms with Crippen LogP contribution in [0.3, 0.4) is 0 Å². The molecule has 3 aromatic rings. The average molecular weight is 380 g/mol. The zero-order valence-corrected chi connectivity index (χ0v) is 16.8. The highest BCUT2D eigenvalue weighted by atomic mass is 16.2.